The van der Waals surface area contributed by atoms with E-state index in [4.69, 9.17) is 4.42 Å². The van der Waals surface area contributed by atoms with Gasteiger partial charge in [-0.2, -0.15) is 0 Å². The van der Waals surface area contributed by atoms with E-state index >= 15 is 0 Å². The van der Waals surface area contributed by atoms with Crippen LogP contribution in [0.4, 0.5) is 0 Å². The minimum absolute atomic E-state index is 0.0480. The van der Waals surface area contributed by atoms with Gasteiger partial charge in [-0.1, -0.05) is 0 Å². The molecule has 1 N–H and O–H groups in total. The molecule has 98 valence electrons. The Balaban J connectivity index is 1.61. The van der Waals surface area contributed by atoms with Crippen LogP contribution < -0.4 is 5.32 Å². The van der Waals surface area contributed by atoms with E-state index in [0.717, 1.165) is 41.8 Å². The maximum atomic E-state index is 12.2. The fraction of sp³-hybridized carbons (Fsp3) is 0.667. The van der Waals surface area contributed by atoms with Gasteiger partial charge >= 0.3 is 0 Å². The molecule has 0 aliphatic heterocycles. The molecule has 1 aromatic rings. The van der Waals surface area contributed by atoms with Crippen LogP contribution >= 0.6 is 0 Å². The van der Waals surface area contributed by atoms with Crippen molar-refractivity contribution in [3.05, 3.63) is 23.2 Å². The van der Waals surface area contributed by atoms with Crippen molar-refractivity contribution in [1.29, 1.82) is 0 Å². The predicted molar refractivity (Wildman–Crippen MR) is 69.1 cm³/mol. The number of hydrogen-bond donors (Lipinski definition) is 1. The van der Waals surface area contributed by atoms with Gasteiger partial charge in [0.05, 0.1) is 6.04 Å². The third kappa shape index (κ3) is 2.06. The Morgan fingerprint density at radius 1 is 1.33 bits per heavy atom. The van der Waals surface area contributed by atoms with Crippen LogP contribution in [-0.2, 0) is 4.79 Å². The zero-order valence-electron chi connectivity index (χ0n) is 11.3. The van der Waals surface area contributed by atoms with E-state index in [1.54, 1.807) is 0 Å². The van der Waals surface area contributed by atoms with Gasteiger partial charge in [0, 0.05) is 11.5 Å². The lowest BCUT2D eigenvalue weighted by Gasteiger charge is -2.17. The molecular weight excluding hydrogens is 226 g/mol. The zero-order valence-corrected chi connectivity index (χ0v) is 11.3. The highest BCUT2D eigenvalue weighted by atomic mass is 16.3. The van der Waals surface area contributed by atoms with E-state index in [2.05, 4.69) is 5.32 Å². The van der Waals surface area contributed by atoms with Gasteiger partial charge in [-0.05, 0) is 57.9 Å². The smallest absolute Gasteiger partial charge is 0.223 e. The SMILES string of the molecule is Cc1cc(C(C)NC(=O)C2CC3CC3C2)c(C)o1. The third-order valence-corrected chi connectivity index (χ3v) is 4.52. The molecule has 2 fully saturated rings. The number of hydrogen-bond acceptors (Lipinski definition) is 2. The summed E-state index contributed by atoms with van der Waals surface area (Å²) >= 11 is 0. The normalized spacial score (nSPS) is 30.9. The van der Waals surface area contributed by atoms with Crippen molar-refractivity contribution in [2.24, 2.45) is 17.8 Å². The molecule has 2 aliphatic carbocycles. The summed E-state index contributed by atoms with van der Waals surface area (Å²) < 4.78 is 5.52. The summed E-state index contributed by atoms with van der Waals surface area (Å²) in [5, 5.41) is 3.13. The molecule has 3 heteroatoms. The Morgan fingerprint density at radius 2 is 2.00 bits per heavy atom. The maximum Gasteiger partial charge on any atom is 0.223 e. The number of carbonyl (C=O) groups excluding carboxylic acids is 1. The molecule has 3 rings (SSSR count). The molecule has 0 bridgehead atoms. The topological polar surface area (TPSA) is 42.2 Å². The molecule has 1 amide bonds. The van der Waals surface area contributed by atoms with E-state index in [0.29, 0.717) is 0 Å². The first-order valence-electron chi connectivity index (χ1n) is 6.92. The number of nitrogens with one attached hydrogen (secondary N) is 1. The maximum absolute atomic E-state index is 12.2. The van der Waals surface area contributed by atoms with Crippen molar-refractivity contribution in [3.8, 4) is 0 Å². The molecule has 18 heavy (non-hydrogen) atoms. The summed E-state index contributed by atoms with van der Waals surface area (Å²) in [6.45, 7) is 5.93. The van der Waals surface area contributed by atoms with Gasteiger partial charge in [0.1, 0.15) is 11.5 Å². The van der Waals surface area contributed by atoms with Crippen LogP contribution in [0.2, 0.25) is 0 Å². The van der Waals surface area contributed by atoms with Crippen molar-refractivity contribution in [2.45, 2.75) is 46.1 Å². The van der Waals surface area contributed by atoms with Gasteiger partial charge in [0.15, 0.2) is 0 Å². The molecule has 3 atom stereocenters. The number of aryl methyl sites for hydroxylation is 2. The molecule has 3 unspecified atom stereocenters. The van der Waals surface area contributed by atoms with Crippen LogP contribution in [0.3, 0.4) is 0 Å². The van der Waals surface area contributed by atoms with Crippen molar-refractivity contribution in [2.75, 3.05) is 0 Å². The number of amides is 1. The van der Waals surface area contributed by atoms with Crippen LogP contribution in [0, 0.1) is 31.6 Å². The van der Waals surface area contributed by atoms with Crippen LogP contribution in [0.15, 0.2) is 10.5 Å². The fourth-order valence-electron chi connectivity index (χ4n) is 3.42. The summed E-state index contributed by atoms with van der Waals surface area (Å²) in [7, 11) is 0. The molecule has 0 aromatic carbocycles. The van der Waals surface area contributed by atoms with E-state index in [1.165, 1.54) is 6.42 Å². The second kappa shape index (κ2) is 4.15. The first kappa shape index (κ1) is 11.8. The van der Waals surface area contributed by atoms with E-state index in [9.17, 15) is 4.79 Å². The molecule has 0 radical (unpaired) electrons. The van der Waals surface area contributed by atoms with Crippen molar-refractivity contribution in [3.63, 3.8) is 0 Å². The van der Waals surface area contributed by atoms with Crippen LogP contribution in [0.1, 0.15) is 49.3 Å². The molecule has 0 saturated heterocycles. The lowest BCUT2D eigenvalue weighted by molar-refractivity contribution is -0.125. The summed E-state index contributed by atoms with van der Waals surface area (Å²) in [5.74, 6) is 4.01. The van der Waals surface area contributed by atoms with Crippen LogP contribution in [0.5, 0.6) is 0 Å². The van der Waals surface area contributed by atoms with Crippen molar-refractivity contribution < 1.29 is 9.21 Å². The Kier molecular flexibility index (Phi) is 2.72. The molecule has 0 spiro atoms. The van der Waals surface area contributed by atoms with Crippen LogP contribution in [-0.4, -0.2) is 5.91 Å². The highest BCUT2D eigenvalue weighted by Crippen LogP contribution is 2.54. The fourth-order valence-corrected chi connectivity index (χ4v) is 3.42. The molecule has 1 aromatic heterocycles. The molecule has 3 nitrogen and oxygen atoms in total. The van der Waals surface area contributed by atoms with Gasteiger partial charge in [-0.3, -0.25) is 4.79 Å². The highest BCUT2D eigenvalue weighted by Gasteiger charge is 2.48. The average Bonchev–Trinajstić information content (AvgIpc) is 2.76. The van der Waals surface area contributed by atoms with Gasteiger partial charge in [0.2, 0.25) is 5.91 Å². The van der Waals surface area contributed by atoms with Crippen LogP contribution in [0.25, 0.3) is 0 Å². The lowest BCUT2D eigenvalue weighted by Crippen LogP contribution is -2.32. The minimum Gasteiger partial charge on any atom is -0.466 e. The number of furan rings is 1. The highest BCUT2D eigenvalue weighted by molar-refractivity contribution is 5.79. The quantitative estimate of drug-likeness (QED) is 0.891. The number of fused-ring (bicyclic) bond motifs is 1. The lowest BCUT2D eigenvalue weighted by atomic mass is 10.0. The van der Waals surface area contributed by atoms with E-state index in [-0.39, 0.29) is 17.9 Å². The molecular formula is C15H21NO2. The van der Waals surface area contributed by atoms with Gasteiger partial charge < -0.3 is 9.73 Å². The van der Waals surface area contributed by atoms with E-state index < -0.39 is 0 Å². The Hall–Kier alpha value is -1.25. The van der Waals surface area contributed by atoms with Crippen molar-refractivity contribution in [1.82, 2.24) is 5.32 Å². The van der Waals surface area contributed by atoms with Gasteiger partial charge in [-0.25, -0.2) is 0 Å². The third-order valence-electron chi connectivity index (χ3n) is 4.52. The van der Waals surface area contributed by atoms with Gasteiger partial charge in [0.25, 0.3) is 0 Å². The zero-order chi connectivity index (χ0) is 12.9. The Bertz CT molecular complexity index is 467. The summed E-state index contributed by atoms with van der Waals surface area (Å²) in [6.07, 6.45) is 3.57. The number of rotatable bonds is 3. The van der Waals surface area contributed by atoms with E-state index in [1.807, 2.05) is 26.8 Å². The Morgan fingerprint density at radius 3 is 2.56 bits per heavy atom. The molecule has 2 saturated carbocycles. The first-order valence-corrected chi connectivity index (χ1v) is 6.92. The standard InChI is InChI=1S/C15H21NO2/c1-8-4-14(10(3)18-8)9(2)16-15(17)13-6-11-5-12(11)7-13/h4,9,11-13H,5-7H2,1-3H3,(H,16,17). The average molecular weight is 247 g/mol. The molecule has 1 heterocycles. The minimum atomic E-state index is 0.0480. The predicted octanol–water partition coefficient (Wildman–Crippen LogP) is 3.12. The second-order valence-corrected chi connectivity index (χ2v) is 6.02. The summed E-state index contributed by atoms with van der Waals surface area (Å²) in [4.78, 5) is 12.2. The van der Waals surface area contributed by atoms with Gasteiger partial charge in [-0.15, -0.1) is 0 Å². The van der Waals surface area contributed by atoms with Crippen molar-refractivity contribution >= 4 is 5.91 Å². The first-order chi connectivity index (χ1) is 8.54. The largest absolute Gasteiger partial charge is 0.466 e. The molecule has 2 aliphatic rings. The number of carbonyl (C=O) groups is 1. The summed E-state index contributed by atoms with van der Waals surface area (Å²) in [5.41, 5.74) is 1.10. The monoisotopic (exact) mass is 247 g/mol. The summed E-state index contributed by atoms with van der Waals surface area (Å²) in [6, 6.07) is 2.07. The second-order valence-electron chi connectivity index (χ2n) is 6.02. The Labute approximate surface area is 108 Å².